The number of nitrogens with one attached hydrogen (secondary N) is 1. The van der Waals surface area contributed by atoms with Gasteiger partial charge in [0.25, 0.3) is 0 Å². The summed E-state index contributed by atoms with van der Waals surface area (Å²) in [4.78, 5) is 27.2. The van der Waals surface area contributed by atoms with Gasteiger partial charge in [-0.05, 0) is 61.6 Å². The summed E-state index contributed by atoms with van der Waals surface area (Å²) in [5.74, 6) is 0.00999. The van der Waals surface area contributed by atoms with Gasteiger partial charge in [0.05, 0.1) is 0 Å². The van der Waals surface area contributed by atoms with Gasteiger partial charge in [-0.2, -0.15) is 0 Å². The third-order valence-corrected chi connectivity index (χ3v) is 6.72. The lowest BCUT2D eigenvalue weighted by atomic mass is 9.65. The van der Waals surface area contributed by atoms with E-state index in [9.17, 15) is 9.59 Å². The third-order valence-electron chi connectivity index (χ3n) is 6.72. The number of anilines is 2. The summed E-state index contributed by atoms with van der Waals surface area (Å²) in [6, 6.07) is 26.4. The zero-order valence-electron chi connectivity index (χ0n) is 19.9. The van der Waals surface area contributed by atoms with Gasteiger partial charge in [-0.1, -0.05) is 67.6 Å². The molecule has 0 bridgehead atoms. The molecular weight excluding hydrogens is 408 g/mol. The molecule has 0 radical (unpaired) electrons. The summed E-state index contributed by atoms with van der Waals surface area (Å²) < 4.78 is 0. The van der Waals surface area contributed by atoms with E-state index in [1.807, 2.05) is 59.5 Å². The van der Waals surface area contributed by atoms with Crippen LogP contribution in [-0.4, -0.2) is 17.4 Å². The fourth-order valence-electron chi connectivity index (χ4n) is 5.40. The average Bonchev–Trinajstić information content (AvgIpc) is 2.78. The SMILES string of the molecule is CC(=O)N1c2ccc(NC(=O)CCc3ccccc3)cc2C(C)(c2ccccc2)CC1(C)C. The number of nitrogens with zero attached hydrogens (tertiary/aromatic N) is 1. The van der Waals surface area contributed by atoms with Gasteiger partial charge in [-0.3, -0.25) is 9.59 Å². The van der Waals surface area contributed by atoms with Crippen molar-refractivity contribution in [2.45, 2.75) is 57.9 Å². The van der Waals surface area contributed by atoms with E-state index in [-0.39, 0.29) is 22.8 Å². The minimum atomic E-state index is -0.343. The Kier molecular flexibility index (Phi) is 6.11. The second kappa shape index (κ2) is 8.86. The fraction of sp³-hybridized carbons (Fsp3) is 0.310. The monoisotopic (exact) mass is 440 g/mol. The van der Waals surface area contributed by atoms with E-state index >= 15 is 0 Å². The minimum absolute atomic E-state index is 0.0141. The van der Waals surface area contributed by atoms with Crippen LogP contribution in [0.15, 0.2) is 78.9 Å². The van der Waals surface area contributed by atoms with Crippen LogP contribution in [0, 0.1) is 0 Å². The molecule has 1 unspecified atom stereocenters. The van der Waals surface area contributed by atoms with E-state index in [1.54, 1.807) is 6.92 Å². The number of hydrogen-bond donors (Lipinski definition) is 1. The summed E-state index contributed by atoms with van der Waals surface area (Å²) >= 11 is 0. The number of carbonyl (C=O) groups excluding carboxylic acids is 2. The molecule has 1 heterocycles. The van der Waals surface area contributed by atoms with Gasteiger partial charge >= 0.3 is 0 Å². The van der Waals surface area contributed by atoms with Crippen LogP contribution in [0.3, 0.4) is 0 Å². The summed E-state index contributed by atoms with van der Waals surface area (Å²) in [7, 11) is 0. The zero-order valence-corrected chi connectivity index (χ0v) is 19.9. The lowest BCUT2D eigenvalue weighted by Gasteiger charge is -2.51. The van der Waals surface area contributed by atoms with E-state index in [4.69, 9.17) is 0 Å². The van der Waals surface area contributed by atoms with Crippen molar-refractivity contribution in [3.63, 3.8) is 0 Å². The number of carbonyl (C=O) groups is 2. The lowest BCUT2D eigenvalue weighted by molar-refractivity contribution is -0.118. The largest absolute Gasteiger partial charge is 0.326 e. The minimum Gasteiger partial charge on any atom is -0.326 e. The van der Waals surface area contributed by atoms with Crippen LogP contribution in [0.5, 0.6) is 0 Å². The Morgan fingerprint density at radius 1 is 0.909 bits per heavy atom. The maximum Gasteiger partial charge on any atom is 0.224 e. The molecule has 170 valence electrons. The van der Waals surface area contributed by atoms with Gasteiger partial charge in [0, 0.05) is 35.7 Å². The van der Waals surface area contributed by atoms with Crippen molar-refractivity contribution in [3.8, 4) is 0 Å². The standard InChI is InChI=1S/C29H32N2O2/c1-21(32)31-26-17-16-24(30-27(33)18-15-22-11-7-5-8-12-22)19-25(26)29(4,20-28(31,2)3)23-13-9-6-10-14-23/h5-14,16-17,19H,15,18,20H2,1-4H3,(H,30,33). The van der Waals surface area contributed by atoms with Gasteiger partial charge in [0.2, 0.25) is 11.8 Å². The number of amides is 2. The molecule has 0 fully saturated rings. The van der Waals surface area contributed by atoms with Crippen molar-refractivity contribution in [2.75, 3.05) is 10.2 Å². The smallest absolute Gasteiger partial charge is 0.224 e. The van der Waals surface area contributed by atoms with Gasteiger partial charge < -0.3 is 10.2 Å². The van der Waals surface area contributed by atoms with Crippen LogP contribution < -0.4 is 10.2 Å². The molecule has 1 atom stereocenters. The molecule has 3 aromatic rings. The molecule has 3 aromatic carbocycles. The number of rotatable bonds is 5. The quantitative estimate of drug-likeness (QED) is 0.521. The highest BCUT2D eigenvalue weighted by atomic mass is 16.2. The molecule has 2 amide bonds. The molecule has 0 spiro atoms. The molecule has 0 saturated carbocycles. The highest BCUT2D eigenvalue weighted by molar-refractivity contribution is 5.96. The van der Waals surface area contributed by atoms with Crippen LogP contribution in [0.25, 0.3) is 0 Å². The molecule has 1 N–H and O–H groups in total. The Balaban J connectivity index is 1.68. The number of aryl methyl sites for hydroxylation is 1. The predicted molar refractivity (Wildman–Crippen MR) is 135 cm³/mol. The molecule has 0 aliphatic carbocycles. The van der Waals surface area contributed by atoms with Crippen molar-refractivity contribution in [2.24, 2.45) is 0 Å². The maximum absolute atomic E-state index is 12.7. The average molecular weight is 441 g/mol. The number of hydrogen-bond acceptors (Lipinski definition) is 2. The summed E-state index contributed by atoms with van der Waals surface area (Å²) in [5, 5.41) is 3.07. The summed E-state index contributed by atoms with van der Waals surface area (Å²) in [6.45, 7) is 8.10. The molecule has 4 nitrogen and oxygen atoms in total. The topological polar surface area (TPSA) is 49.4 Å². The molecule has 1 aliphatic heterocycles. The second-order valence-corrected chi connectivity index (χ2v) is 9.81. The van der Waals surface area contributed by atoms with Crippen molar-refractivity contribution in [3.05, 3.63) is 95.6 Å². The maximum atomic E-state index is 12.7. The van der Waals surface area contributed by atoms with Crippen molar-refractivity contribution >= 4 is 23.2 Å². The fourth-order valence-corrected chi connectivity index (χ4v) is 5.40. The lowest BCUT2D eigenvalue weighted by Crippen LogP contribution is -2.55. The molecule has 4 heteroatoms. The normalized spacial score (nSPS) is 19.0. The first-order valence-corrected chi connectivity index (χ1v) is 11.6. The van der Waals surface area contributed by atoms with Crippen LogP contribution in [0.4, 0.5) is 11.4 Å². The molecule has 4 rings (SSSR count). The molecule has 0 aromatic heterocycles. The second-order valence-electron chi connectivity index (χ2n) is 9.81. The van der Waals surface area contributed by atoms with Crippen LogP contribution in [0.2, 0.25) is 0 Å². The Labute approximate surface area is 196 Å². The summed E-state index contributed by atoms with van der Waals surface area (Å²) in [5.41, 5.74) is 4.44. The van der Waals surface area contributed by atoms with Crippen molar-refractivity contribution in [1.29, 1.82) is 0 Å². The van der Waals surface area contributed by atoms with E-state index in [0.29, 0.717) is 12.8 Å². The number of benzene rings is 3. The van der Waals surface area contributed by atoms with Gasteiger partial charge in [-0.15, -0.1) is 0 Å². The van der Waals surface area contributed by atoms with Crippen LogP contribution >= 0.6 is 0 Å². The first kappa shape index (κ1) is 22.8. The number of fused-ring (bicyclic) bond motifs is 1. The van der Waals surface area contributed by atoms with Crippen LogP contribution in [0.1, 0.15) is 57.2 Å². The van der Waals surface area contributed by atoms with Crippen LogP contribution in [-0.2, 0) is 21.4 Å². The Bertz CT molecular complexity index is 1150. The Hall–Kier alpha value is -3.40. The first-order chi connectivity index (χ1) is 15.7. The van der Waals surface area contributed by atoms with E-state index in [1.165, 1.54) is 5.56 Å². The molecular formula is C29H32N2O2. The molecule has 33 heavy (non-hydrogen) atoms. The van der Waals surface area contributed by atoms with Gasteiger partial charge in [-0.25, -0.2) is 0 Å². The molecule has 0 saturated heterocycles. The van der Waals surface area contributed by atoms with Crippen molar-refractivity contribution < 1.29 is 9.59 Å². The summed E-state index contributed by atoms with van der Waals surface area (Å²) in [6.07, 6.45) is 1.90. The first-order valence-electron chi connectivity index (χ1n) is 11.6. The third kappa shape index (κ3) is 4.56. The predicted octanol–water partition coefficient (Wildman–Crippen LogP) is 6.10. The highest BCUT2D eigenvalue weighted by Crippen LogP contribution is 2.51. The Morgan fingerprint density at radius 2 is 1.55 bits per heavy atom. The van der Waals surface area contributed by atoms with E-state index < -0.39 is 0 Å². The zero-order chi connectivity index (χ0) is 23.6. The molecule has 1 aliphatic rings. The Morgan fingerprint density at radius 3 is 2.18 bits per heavy atom. The van der Waals surface area contributed by atoms with Crippen molar-refractivity contribution in [1.82, 2.24) is 0 Å². The van der Waals surface area contributed by atoms with E-state index in [2.05, 4.69) is 50.4 Å². The van der Waals surface area contributed by atoms with Gasteiger partial charge in [0.1, 0.15) is 0 Å². The van der Waals surface area contributed by atoms with E-state index in [0.717, 1.165) is 28.9 Å². The highest BCUT2D eigenvalue weighted by Gasteiger charge is 2.47. The van der Waals surface area contributed by atoms with Gasteiger partial charge in [0.15, 0.2) is 0 Å².